The summed E-state index contributed by atoms with van der Waals surface area (Å²) in [7, 11) is -1.40. The van der Waals surface area contributed by atoms with E-state index in [1.165, 1.54) is 6.07 Å². The van der Waals surface area contributed by atoms with Crippen molar-refractivity contribution in [3.05, 3.63) is 48.0 Å². The molecular formula is C15H19FN2OS. The third kappa shape index (κ3) is 3.33. The Hall–Kier alpha value is -1.49. The zero-order valence-corrected chi connectivity index (χ0v) is 12.6. The second-order valence-corrected chi connectivity index (χ2v) is 6.10. The van der Waals surface area contributed by atoms with Gasteiger partial charge in [0.25, 0.3) is 0 Å². The maximum Gasteiger partial charge on any atom is 0.139 e. The molecule has 2 aromatic rings. The van der Waals surface area contributed by atoms with Gasteiger partial charge in [-0.15, -0.1) is 0 Å². The molecule has 0 radical (unpaired) electrons. The maximum atomic E-state index is 13.6. The van der Waals surface area contributed by atoms with Gasteiger partial charge in [-0.05, 0) is 31.0 Å². The van der Waals surface area contributed by atoms with Crippen LogP contribution in [0.1, 0.15) is 38.4 Å². The van der Waals surface area contributed by atoms with E-state index in [0.29, 0.717) is 6.04 Å². The van der Waals surface area contributed by atoms with Crippen LogP contribution in [-0.4, -0.2) is 14.0 Å². The zero-order valence-electron chi connectivity index (χ0n) is 11.8. The molecule has 108 valence electrons. The van der Waals surface area contributed by atoms with E-state index in [1.54, 1.807) is 18.2 Å². The van der Waals surface area contributed by atoms with Crippen LogP contribution in [-0.2, 0) is 16.6 Å². The largest absolute Gasteiger partial charge is 0.269 e. The molecule has 5 heteroatoms. The molecule has 1 atom stereocenters. The number of aromatic nitrogens is 2. The summed E-state index contributed by atoms with van der Waals surface area (Å²) in [5.74, 6) is -0.182. The number of hydrogen-bond donors (Lipinski definition) is 0. The lowest BCUT2D eigenvalue weighted by Gasteiger charge is -2.12. The van der Waals surface area contributed by atoms with Gasteiger partial charge in [-0.25, -0.2) is 4.39 Å². The molecular weight excluding hydrogens is 275 g/mol. The molecule has 0 aliphatic rings. The number of hydrogen-bond acceptors (Lipinski definition) is 2. The molecule has 1 aromatic carbocycles. The molecule has 0 N–H and O–H groups in total. The molecule has 1 heterocycles. The lowest BCUT2D eigenvalue weighted by Crippen LogP contribution is -2.08. The minimum atomic E-state index is -1.40. The van der Waals surface area contributed by atoms with Crippen molar-refractivity contribution in [2.75, 3.05) is 0 Å². The highest BCUT2D eigenvalue weighted by atomic mass is 32.2. The van der Waals surface area contributed by atoms with Crippen LogP contribution in [0.25, 0.3) is 0 Å². The molecule has 20 heavy (non-hydrogen) atoms. The normalized spacial score (nSPS) is 12.8. The zero-order chi connectivity index (χ0) is 14.5. The van der Waals surface area contributed by atoms with E-state index in [1.807, 2.05) is 16.9 Å². The minimum absolute atomic E-state index is 0.240. The van der Waals surface area contributed by atoms with Gasteiger partial charge in [0.15, 0.2) is 0 Å². The van der Waals surface area contributed by atoms with Gasteiger partial charge in [0.05, 0.1) is 33.2 Å². The van der Waals surface area contributed by atoms with Crippen molar-refractivity contribution in [2.24, 2.45) is 0 Å². The molecule has 0 aliphatic carbocycles. The van der Waals surface area contributed by atoms with Gasteiger partial charge in [0.1, 0.15) is 5.82 Å². The lowest BCUT2D eigenvalue weighted by atomic mass is 10.2. The highest BCUT2D eigenvalue weighted by Gasteiger charge is 2.13. The number of halogens is 1. The van der Waals surface area contributed by atoms with Gasteiger partial charge in [0, 0.05) is 6.20 Å². The van der Waals surface area contributed by atoms with Crippen molar-refractivity contribution < 1.29 is 8.60 Å². The first kappa shape index (κ1) is 14.9. The van der Waals surface area contributed by atoms with Crippen LogP contribution < -0.4 is 0 Å². The molecule has 1 aromatic heterocycles. The fourth-order valence-electron chi connectivity index (χ4n) is 2.16. The second-order valence-electron chi connectivity index (χ2n) is 4.68. The second kappa shape index (κ2) is 6.79. The van der Waals surface area contributed by atoms with E-state index in [0.717, 1.165) is 18.5 Å². The Morgan fingerprint density at radius 2 is 1.95 bits per heavy atom. The molecule has 0 spiro atoms. The molecule has 0 fully saturated rings. The summed E-state index contributed by atoms with van der Waals surface area (Å²) in [6.07, 6.45) is 3.92. The van der Waals surface area contributed by atoms with Crippen molar-refractivity contribution in [1.29, 1.82) is 0 Å². The van der Waals surface area contributed by atoms with Gasteiger partial charge in [-0.1, -0.05) is 26.0 Å². The molecule has 0 saturated carbocycles. The summed E-state index contributed by atoms with van der Waals surface area (Å²) in [5, 5.41) is 4.45. The highest BCUT2D eigenvalue weighted by Crippen LogP contribution is 2.18. The smallest absolute Gasteiger partial charge is 0.139 e. The first-order valence-electron chi connectivity index (χ1n) is 6.82. The van der Waals surface area contributed by atoms with Crippen LogP contribution in [0.4, 0.5) is 4.39 Å². The summed E-state index contributed by atoms with van der Waals surface area (Å²) in [6.45, 7) is 4.24. The highest BCUT2D eigenvalue weighted by molar-refractivity contribution is 7.84. The summed E-state index contributed by atoms with van der Waals surface area (Å²) in [4.78, 5) is 0.240. The topological polar surface area (TPSA) is 34.9 Å². The molecule has 0 bridgehead atoms. The van der Waals surface area contributed by atoms with E-state index in [2.05, 4.69) is 18.9 Å². The van der Waals surface area contributed by atoms with Crippen LogP contribution in [0.5, 0.6) is 0 Å². The third-order valence-electron chi connectivity index (χ3n) is 3.34. The van der Waals surface area contributed by atoms with Crippen molar-refractivity contribution in [1.82, 2.24) is 9.78 Å². The fraction of sp³-hybridized carbons (Fsp3) is 0.400. The minimum Gasteiger partial charge on any atom is -0.269 e. The Bertz CT molecular complexity index is 593. The Morgan fingerprint density at radius 3 is 2.60 bits per heavy atom. The van der Waals surface area contributed by atoms with E-state index < -0.39 is 16.6 Å². The van der Waals surface area contributed by atoms with Crippen LogP contribution in [0.15, 0.2) is 41.4 Å². The van der Waals surface area contributed by atoms with Crippen LogP contribution >= 0.6 is 0 Å². The predicted octanol–water partition coefficient (Wildman–Crippen LogP) is 3.69. The van der Waals surface area contributed by atoms with Gasteiger partial charge in [0.2, 0.25) is 0 Å². The van der Waals surface area contributed by atoms with Crippen LogP contribution in [0, 0.1) is 5.82 Å². The SMILES string of the molecule is CCC(CC)n1ccc(CS(=O)c2ccccc2F)n1. The summed E-state index contributed by atoms with van der Waals surface area (Å²) in [5.41, 5.74) is 0.735. The van der Waals surface area contributed by atoms with E-state index in [9.17, 15) is 8.60 Å². The predicted molar refractivity (Wildman–Crippen MR) is 78.4 cm³/mol. The van der Waals surface area contributed by atoms with Gasteiger partial charge in [-0.2, -0.15) is 5.10 Å². The average molecular weight is 294 g/mol. The number of benzene rings is 1. The standard InChI is InChI=1S/C15H19FN2OS/c1-3-13(4-2)18-10-9-12(17-18)11-20(19)15-8-6-5-7-14(15)16/h5-10,13H,3-4,11H2,1-2H3. The number of rotatable bonds is 6. The Morgan fingerprint density at radius 1 is 1.25 bits per heavy atom. The lowest BCUT2D eigenvalue weighted by molar-refractivity contribution is 0.426. The fourth-order valence-corrected chi connectivity index (χ4v) is 3.26. The quantitative estimate of drug-likeness (QED) is 0.814. The molecule has 2 rings (SSSR count). The monoisotopic (exact) mass is 294 g/mol. The third-order valence-corrected chi connectivity index (χ3v) is 4.72. The average Bonchev–Trinajstić information content (AvgIpc) is 2.89. The Kier molecular flexibility index (Phi) is 5.06. The molecule has 0 amide bonds. The van der Waals surface area contributed by atoms with Crippen LogP contribution in [0.3, 0.4) is 0 Å². The van der Waals surface area contributed by atoms with Crippen molar-refractivity contribution >= 4 is 10.8 Å². The molecule has 1 unspecified atom stereocenters. The Balaban J connectivity index is 2.11. The van der Waals surface area contributed by atoms with Gasteiger partial charge >= 0.3 is 0 Å². The molecule has 3 nitrogen and oxygen atoms in total. The van der Waals surface area contributed by atoms with Crippen LogP contribution in [0.2, 0.25) is 0 Å². The first-order chi connectivity index (χ1) is 9.65. The number of nitrogens with zero attached hydrogens (tertiary/aromatic N) is 2. The van der Waals surface area contributed by atoms with Gasteiger partial charge < -0.3 is 0 Å². The molecule has 0 aliphatic heterocycles. The van der Waals surface area contributed by atoms with E-state index >= 15 is 0 Å². The Labute approximate surface area is 121 Å². The summed E-state index contributed by atoms with van der Waals surface area (Å²) in [6, 6.07) is 8.40. The van der Waals surface area contributed by atoms with Crippen molar-refractivity contribution in [2.45, 2.75) is 43.4 Å². The van der Waals surface area contributed by atoms with Crippen molar-refractivity contribution in [3.8, 4) is 0 Å². The van der Waals surface area contributed by atoms with Gasteiger partial charge in [-0.3, -0.25) is 8.89 Å². The van der Waals surface area contributed by atoms with E-state index in [-0.39, 0.29) is 10.6 Å². The van der Waals surface area contributed by atoms with Crippen molar-refractivity contribution in [3.63, 3.8) is 0 Å². The molecule has 0 saturated heterocycles. The van der Waals surface area contributed by atoms with E-state index in [4.69, 9.17) is 0 Å². The first-order valence-corrected chi connectivity index (χ1v) is 8.14. The summed E-state index contributed by atoms with van der Waals surface area (Å²) < 4.78 is 27.7. The summed E-state index contributed by atoms with van der Waals surface area (Å²) >= 11 is 0. The maximum absolute atomic E-state index is 13.6.